The summed E-state index contributed by atoms with van der Waals surface area (Å²) in [4.78, 5) is 25.9. The van der Waals surface area contributed by atoms with Crippen LogP contribution >= 0.6 is 15.9 Å². The summed E-state index contributed by atoms with van der Waals surface area (Å²) in [6.45, 7) is 5.01. The van der Waals surface area contributed by atoms with Crippen molar-refractivity contribution in [2.45, 2.75) is 39.3 Å². The lowest BCUT2D eigenvalue weighted by Crippen LogP contribution is -2.39. The van der Waals surface area contributed by atoms with E-state index in [1.807, 2.05) is 6.92 Å². The van der Waals surface area contributed by atoms with Crippen LogP contribution in [0.5, 0.6) is 0 Å². The van der Waals surface area contributed by atoms with Gasteiger partial charge in [-0.25, -0.2) is 4.68 Å². The van der Waals surface area contributed by atoms with E-state index in [0.717, 1.165) is 0 Å². The largest absolute Gasteiger partial charge is 0.372 e. The molecule has 1 amide bonds. The SMILES string of the molecule is CCN(C)C(=O)C(C)Nc1cnn(CC2CC2)c(=O)c1Br. The van der Waals surface area contributed by atoms with Gasteiger partial charge in [-0.2, -0.15) is 5.10 Å². The van der Waals surface area contributed by atoms with Gasteiger partial charge in [0, 0.05) is 20.1 Å². The van der Waals surface area contributed by atoms with Crippen LogP contribution in [0, 0.1) is 5.92 Å². The summed E-state index contributed by atoms with van der Waals surface area (Å²) in [5.74, 6) is 0.561. The third-order valence-corrected chi connectivity index (χ3v) is 4.47. The topological polar surface area (TPSA) is 67.2 Å². The Labute approximate surface area is 132 Å². The number of carbonyl (C=O) groups is 1. The Kier molecular flexibility index (Phi) is 5.03. The van der Waals surface area contributed by atoms with Gasteiger partial charge in [-0.05, 0) is 48.5 Å². The Balaban J connectivity index is 2.11. The van der Waals surface area contributed by atoms with Crippen LogP contribution < -0.4 is 10.9 Å². The molecule has 7 heteroatoms. The fraction of sp³-hybridized carbons (Fsp3) is 0.643. The summed E-state index contributed by atoms with van der Waals surface area (Å²) < 4.78 is 1.91. The van der Waals surface area contributed by atoms with Gasteiger partial charge in [0.05, 0.1) is 11.9 Å². The van der Waals surface area contributed by atoms with E-state index >= 15 is 0 Å². The Bertz CT molecular complexity index is 583. The van der Waals surface area contributed by atoms with Crippen molar-refractivity contribution in [3.05, 3.63) is 21.0 Å². The third-order valence-electron chi connectivity index (χ3n) is 3.71. The van der Waals surface area contributed by atoms with E-state index in [1.165, 1.54) is 17.5 Å². The number of hydrogen-bond donors (Lipinski definition) is 1. The Morgan fingerprint density at radius 3 is 2.86 bits per heavy atom. The Morgan fingerprint density at radius 2 is 2.29 bits per heavy atom. The smallest absolute Gasteiger partial charge is 0.283 e. The predicted molar refractivity (Wildman–Crippen MR) is 85.3 cm³/mol. The molecular formula is C14H21BrN4O2. The molecule has 0 spiro atoms. The van der Waals surface area contributed by atoms with Gasteiger partial charge in [0.2, 0.25) is 5.91 Å². The summed E-state index contributed by atoms with van der Waals surface area (Å²) in [5.41, 5.74) is 0.396. The lowest BCUT2D eigenvalue weighted by molar-refractivity contribution is -0.130. The molecule has 0 radical (unpaired) electrons. The van der Waals surface area contributed by atoms with Crippen LogP contribution in [0.2, 0.25) is 0 Å². The minimum Gasteiger partial charge on any atom is -0.372 e. The normalized spacial score (nSPS) is 15.6. The highest BCUT2D eigenvalue weighted by molar-refractivity contribution is 9.10. The number of amides is 1. The molecule has 1 heterocycles. The highest BCUT2D eigenvalue weighted by Crippen LogP contribution is 2.30. The summed E-state index contributed by atoms with van der Waals surface area (Å²) in [5, 5.41) is 7.23. The van der Waals surface area contributed by atoms with Crippen LogP contribution in [-0.4, -0.2) is 40.2 Å². The second-order valence-electron chi connectivity index (χ2n) is 5.52. The standard InChI is InChI=1S/C14H21BrN4O2/c1-4-18(3)13(20)9(2)17-11-7-16-19(8-10-5-6-10)14(21)12(11)15/h7,9-10,17H,4-6,8H2,1-3H3. The van der Waals surface area contributed by atoms with E-state index in [1.54, 1.807) is 25.1 Å². The van der Waals surface area contributed by atoms with Crippen molar-refractivity contribution < 1.29 is 4.79 Å². The fourth-order valence-electron chi connectivity index (χ4n) is 2.02. The number of anilines is 1. The van der Waals surface area contributed by atoms with Gasteiger partial charge in [-0.1, -0.05) is 0 Å². The molecule has 1 aromatic heterocycles. The van der Waals surface area contributed by atoms with Gasteiger partial charge >= 0.3 is 0 Å². The quantitative estimate of drug-likeness (QED) is 0.842. The van der Waals surface area contributed by atoms with Gasteiger partial charge < -0.3 is 10.2 Å². The van der Waals surface area contributed by atoms with E-state index in [4.69, 9.17) is 0 Å². The molecule has 0 saturated heterocycles. The van der Waals surface area contributed by atoms with E-state index < -0.39 is 6.04 Å². The average Bonchev–Trinajstić information content (AvgIpc) is 3.29. The van der Waals surface area contributed by atoms with Crippen LogP contribution in [0.25, 0.3) is 0 Å². The molecule has 1 unspecified atom stereocenters. The molecule has 1 aromatic rings. The molecule has 116 valence electrons. The first-order chi connectivity index (χ1) is 9.93. The number of aromatic nitrogens is 2. The molecule has 1 saturated carbocycles. The van der Waals surface area contributed by atoms with Gasteiger partial charge in [0.25, 0.3) is 5.56 Å². The zero-order chi connectivity index (χ0) is 15.6. The number of carbonyl (C=O) groups excluding carboxylic acids is 1. The second-order valence-corrected chi connectivity index (χ2v) is 6.31. The number of halogens is 1. The molecule has 1 aliphatic rings. The third kappa shape index (κ3) is 3.84. The van der Waals surface area contributed by atoms with Crippen LogP contribution in [0.4, 0.5) is 5.69 Å². The van der Waals surface area contributed by atoms with Crippen molar-refractivity contribution in [2.24, 2.45) is 5.92 Å². The number of hydrogen-bond acceptors (Lipinski definition) is 4. The van der Waals surface area contributed by atoms with Gasteiger partial charge in [0.1, 0.15) is 10.5 Å². The Hall–Kier alpha value is -1.37. The highest BCUT2D eigenvalue weighted by atomic mass is 79.9. The van der Waals surface area contributed by atoms with Crippen LogP contribution in [0.15, 0.2) is 15.5 Å². The average molecular weight is 357 g/mol. The second kappa shape index (κ2) is 6.60. The lowest BCUT2D eigenvalue weighted by atomic mass is 10.2. The molecule has 0 bridgehead atoms. The van der Waals surface area contributed by atoms with Gasteiger partial charge in [0.15, 0.2) is 0 Å². The molecule has 6 nitrogen and oxygen atoms in total. The fourth-order valence-corrected chi connectivity index (χ4v) is 2.44. The zero-order valence-electron chi connectivity index (χ0n) is 12.6. The highest BCUT2D eigenvalue weighted by Gasteiger charge is 2.24. The zero-order valence-corrected chi connectivity index (χ0v) is 14.2. The summed E-state index contributed by atoms with van der Waals surface area (Å²) in [6.07, 6.45) is 3.94. The first kappa shape index (κ1) is 16.0. The van der Waals surface area contributed by atoms with E-state index in [-0.39, 0.29) is 11.5 Å². The first-order valence-electron chi connectivity index (χ1n) is 7.21. The van der Waals surface area contributed by atoms with Gasteiger partial charge in [-0.3, -0.25) is 9.59 Å². The molecule has 1 N–H and O–H groups in total. The van der Waals surface area contributed by atoms with Crippen LogP contribution in [0.3, 0.4) is 0 Å². The molecular weight excluding hydrogens is 336 g/mol. The first-order valence-corrected chi connectivity index (χ1v) is 8.00. The van der Waals surface area contributed by atoms with Crippen molar-refractivity contribution in [3.8, 4) is 0 Å². The number of nitrogens with zero attached hydrogens (tertiary/aromatic N) is 3. The minimum absolute atomic E-state index is 0.0217. The van der Waals surface area contributed by atoms with Crippen molar-refractivity contribution in [1.82, 2.24) is 14.7 Å². The Morgan fingerprint density at radius 1 is 1.62 bits per heavy atom. The van der Waals surface area contributed by atoms with Crippen molar-refractivity contribution in [2.75, 3.05) is 18.9 Å². The molecule has 2 rings (SSSR count). The van der Waals surface area contributed by atoms with Crippen molar-refractivity contribution in [1.29, 1.82) is 0 Å². The molecule has 0 aromatic carbocycles. The number of likely N-dealkylation sites (N-methyl/N-ethyl adjacent to an activating group) is 1. The molecule has 1 aliphatic carbocycles. The molecule has 1 fully saturated rings. The van der Waals surface area contributed by atoms with Gasteiger partial charge in [-0.15, -0.1) is 0 Å². The maximum absolute atomic E-state index is 12.2. The van der Waals surface area contributed by atoms with E-state index in [2.05, 4.69) is 26.3 Å². The predicted octanol–water partition coefficient (Wildman–Crippen LogP) is 1.69. The molecule has 1 atom stereocenters. The van der Waals surface area contributed by atoms with Crippen molar-refractivity contribution >= 4 is 27.5 Å². The maximum Gasteiger partial charge on any atom is 0.283 e. The summed E-state index contributed by atoms with van der Waals surface area (Å²) >= 11 is 3.31. The molecule has 0 aliphatic heterocycles. The lowest BCUT2D eigenvalue weighted by Gasteiger charge is -2.21. The van der Waals surface area contributed by atoms with Crippen molar-refractivity contribution in [3.63, 3.8) is 0 Å². The van der Waals surface area contributed by atoms with E-state index in [0.29, 0.717) is 29.2 Å². The maximum atomic E-state index is 12.2. The summed E-state index contributed by atoms with van der Waals surface area (Å²) in [6, 6.07) is -0.410. The van der Waals surface area contributed by atoms with Crippen LogP contribution in [0.1, 0.15) is 26.7 Å². The van der Waals surface area contributed by atoms with Crippen LogP contribution in [-0.2, 0) is 11.3 Å². The van der Waals surface area contributed by atoms with E-state index in [9.17, 15) is 9.59 Å². The monoisotopic (exact) mass is 356 g/mol. The number of nitrogens with one attached hydrogen (secondary N) is 1. The summed E-state index contributed by atoms with van der Waals surface area (Å²) in [7, 11) is 1.75. The minimum atomic E-state index is -0.410. The number of rotatable bonds is 6. The molecule has 21 heavy (non-hydrogen) atoms.